The summed E-state index contributed by atoms with van der Waals surface area (Å²) in [4.78, 5) is 35.9. The maximum Gasteiger partial charge on any atom is 0.472 e. The van der Waals surface area contributed by atoms with E-state index < -0.39 is 26.5 Å². The SMILES string of the molecule is CC/C=C\C/C=C\C/C=C\C/C=C\C/C=C\C/C=C\C/C=C\C/C=C\CCCCCCCCC(=O)OC(COC(=O)CCCCCCCCCCCCCCCCCCCC/C=C\C/C=C\C/C=C\C/C=C\C/C=C\C/C=C\CC)COP(=O)(O)OCC[N+](C)(C)C. The Balaban J connectivity index is 4.08. The first-order valence-electron chi connectivity index (χ1n) is 36.9. The number of phosphoric acid groups is 1. The van der Waals surface area contributed by atoms with E-state index in [-0.39, 0.29) is 32.0 Å². The van der Waals surface area contributed by atoms with E-state index in [0.29, 0.717) is 17.4 Å². The normalized spacial score (nSPS) is 14.1. The van der Waals surface area contributed by atoms with Crippen LogP contribution in [0.1, 0.15) is 284 Å². The van der Waals surface area contributed by atoms with Gasteiger partial charge in [0.25, 0.3) is 0 Å². The number of unbranched alkanes of at least 4 members (excludes halogenated alkanes) is 24. The van der Waals surface area contributed by atoms with Crippen LogP contribution in [-0.2, 0) is 32.7 Å². The molecule has 0 bridgehead atoms. The number of carbonyl (C=O) groups excluding carboxylic acids is 2. The Morgan fingerprint density at radius 3 is 0.870 bits per heavy atom. The van der Waals surface area contributed by atoms with Gasteiger partial charge in [0.15, 0.2) is 6.10 Å². The number of ether oxygens (including phenoxy) is 2. The first-order chi connectivity index (χ1) is 45.0. The summed E-state index contributed by atoms with van der Waals surface area (Å²) in [6.07, 6.45) is 107. The molecule has 9 nitrogen and oxygen atoms in total. The van der Waals surface area contributed by atoms with Crippen LogP contribution in [0.15, 0.2) is 170 Å². The minimum atomic E-state index is -4.41. The molecule has 0 aliphatic carbocycles. The number of carbonyl (C=O) groups is 2. The summed E-state index contributed by atoms with van der Waals surface area (Å²) in [7, 11) is 1.45. The second-order valence-corrected chi connectivity index (χ2v) is 26.7. The zero-order chi connectivity index (χ0) is 66.9. The number of esters is 2. The van der Waals surface area contributed by atoms with E-state index in [2.05, 4.69) is 184 Å². The molecular weight excluding hydrogens is 1160 g/mol. The Hall–Kier alpha value is -4.63. The molecular formula is C82H137NO8P+. The van der Waals surface area contributed by atoms with Crippen molar-refractivity contribution in [3.63, 3.8) is 0 Å². The van der Waals surface area contributed by atoms with E-state index in [0.717, 1.165) is 148 Å². The second-order valence-electron chi connectivity index (χ2n) is 25.2. The second kappa shape index (κ2) is 70.7. The van der Waals surface area contributed by atoms with Gasteiger partial charge in [-0.05, 0) is 128 Å². The number of nitrogens with zero attached hydrogens (tertiary/aromatic N) is 1. The fourth-order valence-corrected chi connectivity index (χ4v) is 10.4. The van der Waals surface area contributed by atoms with Crippen molar-refractivity contribution < 1.29 is 42.1 Å². The van der Waals surface area contributed by atoms with Gasteiger partial charge in [-0.15, -0.1) is 0 Å². The first kappa shape index (κ1) is 87.4. The van der Waals surface area contributed by atoms with Crippen molar-refractivity contribution in [3.05, 3.63) is 170 Å². The van der Waals surface area contributed by atoms with Crippen LogP contribution in [0.2, 0.25) is 0 Å². The highest BCUT2D eigenvalue weighted by Crippen LogP contribution is 2.43. The summed E-state index contributed by atoms with van der Waals surface area (Å²) >= 11 is 0. The molecule has 0 aliphatic heterocycles. The van der Waals surface area contributed by atoms with Gasteiger partial charge in [0.05, 0.1) is 27.7 Å². The maximum absolute atomic E-state index is 12.9. The number of allylic oxidation sites excluding steroid dienone is 28. The van der Waals surface area contributed by atoms with Crippen LogP contribution < -0.4 is 0 Å². The van der Waals surface area contributed by atoms with Crippen LogP contribution in [0.4, 0.5) is 0 Å². The van der Waals surface area contributed by atoms with Crippen LogP contribution in [0.3, 0.4) is 0 Å². The molecule has 2 unspecified atom stereocenters. The summed E-state index contributed by atoms with van der Waals surface area (Å²) in [5.74, 6) is -0.818. The van der Waals surface area contributed by atoms with E-state index >= 15 is 0 Å². The van der Waals surface area contributed by atoms with Crippen molar-refractivity contribution in [2.75, 3.05) is 47.5 Å². The summed E-state index contributed by atoms with van der Waals surface area (Å²) in [6.45, 7) is 4.19. The molecule has 0 saturated heterocycles. The van der Waals surface area contributed by atoms with E-state index in [9.17, 15) is 19.0 Å². The summed E-state index contributed by atoms with van der Waals surface area (Å²) in [5, 5.41) is 0. The minimum absolute atomic E-state index is 0.0210. The number of hydrogen-bond donors (Lipinski definition) is 1. The first-order valence-corrected chi connectivity index (χ1v) is 38.4. The van der Waals surface area contributed by atoms with Crippen molar-refractivity contribution in [1.82, 2.24) is 0 Å². The molecule has 1 N–H and O–H groups in total. The van der Waals surface area contributed by atoms with Gasteiger partial charge in [-0.3, -0.25) is 18.6 Å². The fourth-order valence-electron chi connectivity index (χ4n) is 9.68. The molecule has 522 valence electrons. The molecule has 0 aromatic carbocycles. The average Bonchev–Trinajstić information content (AvgIpc) is 2.14. The number of phosphoric ester groups is 1. The molecule has 0 aliphatic rings. The van der Waals surface area contributed by atoms with Crippen LogP contribution in [0.5, 0.6) is 0 Å². The number of hydrogen-bond acceptors (Lipinski definition) is 7. The van der Waals surface area contributed by atoms with Gasteiger partial charge in [0.1, 0.15) is 19.8 Å². The lowest BCUT2D eigenvalue weighted by Gasteiger charge is -2.24. The van der Waals surface area contributed by atoms with E-state index in [1.54, 1.807) is 0 Å². The Labute approximate surface area is 566 Å². The number of rotatable bonds is 66. The van der Waals surface area contributed by atoms with Crippen molar-refractivity contribution in [3.8, 4) is 0 Å². The van der Waals surface area contributed by atoms with Crippen LogP contribution in [0.25, 0.3) is 0 Å². The highest BCUT2D eigenvalue weighted by atomic mass is 31.2. The fraction of sp³-hybridized carbons (Fsp3) is 0.634. The van der Waals surface area contributed by atoms with Gasteiger partial charge in [-0.2, -0.15) is 0 Å². The van der Waals surface area contributed by atoms with E-state index in [1.807, 2.05) is 21.1 Å². The Morgan fingerprint density at radius 1 is 0.337 bits per heavy atom. The third-order valence-electron chi connectivity index (χ3n) is 15.2. The zero-order valence-corrected chi connectivity index (χ0v) is 60.4. The van der Waals surface area contributed by atoms with Crippen molar-refractivity contribution in [1.29, 1.82) is 0 Å². The summed E-state index contributed by atoms with van der Waals surface area (Å²) in [6, 6.07) is 0. The van der Waals surface area contributed by atoms with Crippen LogP contribution >= 0.6 is 7.82 Å². The van der Waals surface area contributed by atoms with Crippen molar-refractivity contribution in [2.24, 2.45) is 0 Å². The minimum Gasteiger partial charge on any atom is -0.462 e. The van der Waals surface area contributed by atoms with Gasteiger partial charge in [0, 0.05) is 12.8 Å². The molecule has 92 heavy (non-hydrogen) atoms. The smallest absolute Gasteiger partial charge is 0.462 e. The summed E-state index contributed by atoms with van der Waals surface area (Å²) < 4.78 is 34.7. The van der Waals surface area contributed by atoms with Gasteiger partial charge in [-0.1, -0.05) is 312 Å². The average molecular weight is 1300 g/mol. The highest BCUT2D eigenvalue weighted by molar-refractivity contribution is 7.47. The molecule has 0 saturated carbocycles. The lowest BCUT2D eigenvalue weighted by molar-refractivity contribution is -0.870. The number of quaternary nitrogens is 1. The molecule has 0 radical (unpaired) electrons. The highest BCUT2D eigenvalue weighted by Gasteiger charge is 2.27. The third kappa shape index (κ3) is 74.4. The molecule has 0 spiro atoms. The molecule has 0 aromatic rings. The Kier molecular flexibility index (Phi) is 67.1. The van der Waals surface area contributed by atoms with Gasteiger partial charge >= 0.3 is 19.8 Å². The van der Waals surface area contributed by atoms with E-state index in [4.69, 9.17) is 18.5 Å². The predicted molar refractivity (Wildman–Crippen MR) is 399 cm³/mol. The van der Waals surface area contributed by atoms with Gasteiger partial charge in [-0.25, -0.2) is 4.57 Å². The topological polar surface area (TPSA) is 108 Å². The molecule has 10 heteroatoms. The lowest BCUT2D eigenvalue weighted by Crippen LogP contribution is -2.37. The molecule has 0 amide bonds. The molecule has 2 atom stereocenters. The molecule has 0 fully saturated rings. The third-order valence-corrected chi connectivity index (χ3v) is 16.2. The molecule has 0 aromatic heterocycles. The lowest BCUT2D eigenvalue weighted by atomic mass is 10.0. The van der Waals surface area contributed by atoms with Crippen LogP contribution in [0, 0.1) is 0 Å². The molecule has 0 heterocycles. The van der Waals surface area contributed by atoms with Gasteiger partial charge in [0.2, 0.25) is 0 Å². The number of likely N-dealkylation sites (N-methyl/N-ethyl adjacent to an activating group) is 1. The Bertz CT molecular complexity index is 2160. The zero-order valence-electron chi connectivity index (χ0n) is 59.5. The largest absolute Gasteiger partial charge is 0.472 e. The van der Waals surface area contributed by atoms with Crippen molar-refractivity contribution >= 4 is 19.8 Å². The van der Waals surface area contributed by atoms with Crippen LogP contribution in [-0.4, -0.2) is 74.9 Å². The van der Waals surface area contributed by atoms with Gasteiger partial charge < -0.3 is 18.9 Å². The standard InChI is InChI=1S/C82H136NO8P/c1-6-8-10-12-14-16-18-20-22-24-26-28-30-32-34-36-38-39-40-41-42-43-45-46-48-50-52-54-56-58-60-62-64-66-68-70-72-74-81(84)88-78-80(79-90-92(86,87)89-77-76-83(3,4)5)91-82(85)75-73-71-69-67-65-63-61-59-57-55-53-51-49-47-44-37-35-33-31-29-27-25-23-21-19-17-15-13-11-9-7-2/h8-11,14-17,20-23,26-29,32-35,38-39,44,47,51,53,57,59,80H,6-7,12-13,18-19,24-25,30-31,36-37,40-43,45-46,48-50,52,54-56,58,60-79H2,1-5H3/p+1/b10-8-,11-9-,16-14-,17-15-,22-20-,23-21-,28-26-,29-27-,34-32-,35-33-,39-38-,47-44-,53-51-,59-57-. The quantitative estimate of drug-likeness (QED) is 0.0211. The summed E-state index contributed by atoms with van der Waals surface area (Å²) in [5.41, 5.74) is 0. The maximum atomic E-state index is 12.9. The van der Waals surface area contributed by atoms with E-state index in [1.165, 1.54) is 103 Å². The predicted octanol–water partition coefficient (Wildman–Crippen LogP) is 24.5. The molecule has 0 rings (SSSR count). The monoisotopic (exact) mass is 1300 g/mol. The Morgan fingerprint density at radius 2 is 0.587 bits per heavy atom. The van der Waals surface area contributed by atoms with Crippen molar-refractivity contribution in [2.45, 2.75) is 290 Å².